The van der Waals surface area contributed by atoms with Crippen molar-refractivity contribution in [2.45, 2.75) is 25.7 Å². The molecule has 0 aliphatic heterocycles. The lowest BCUT2D eigenvalue weighted by Crippen LogP contribution is -2.16. The van der Waals surface area contributed by atoms with Crippen LogP contribution in [-0.2, 0) is 16.0 Å². The summed E-state index contributed by atoms with van der Waals surface area (Å²) in [5.41, 5.74) is 4.01. The normalized spacial score (nSPS) is 20.0. The maximum atomic E-state index is 11.9. The highest BCUT2D eigenvalue weighted by molar-refractivity contribution is 5.70. The largest absolute Gasteiger partial charge is 0.466 e. The summed E-state index contributed by atoms with van der Waals surface area (Å²) in [6.07, 6.45) is 1.44. The molecule has 0 saturated heterocycles. The lowest BCUT2D eigenvalue weighted by Gasteiger charge is -2.20. The molecule has 2 atom stereocenters. The van der Waals surface area contributed by atoms with Gasteiger partial charge in [0.1, 0.15) is 0 Å². The van der Waals surface area contributed by atoms with Gasteiger partial charge in [0.05, 0.1) is 6.61 Å². The topological polar surface area (TPSA) is 26.3 Å². The molecule has 3 rings (SSSR count). The van der Waals surface area contributed by atoms with Gasteiger partial charge in [0, 0.05) is 12.3 Å². The second kappa shape index (κ2) is 6.13. The van der Waals surface area contributed by atoms with Crippen molar-refractivity contribution in [2.24, 2.45) is 5.92 Å². The number of esters is 1. The van der Waals surface area contributed by atoms with Gasteiger partial charge in [-0.25, -0.2) is 0 Å². The number of benzene rings is 2. The van der Waals surface area contributed by atoms with E-state index in [1.165, 1.54) is 16.7 Å². The quantitative estimate of drug-likeness (QED) is 0.793. The van der Waals surface area contributed by atoms with E-state index in [1.807, 2.05) is 13.0 Å². The second-order valence-electron chi connectivity index (χ2n) is 5.56. The van der Waals surface area contributed by atoms with Crippen molar-refractivity contribution in [3.05, 3.63) is 71.3 Å². The third-order valence-electron chi connectivity index (χ3n) is 4.24. The molecule has 0 spiro atoms. The summed E-state index contributed by atoms with van der Waals surface area (Å²) in [6.45, 7) is 2.31. The molecule has 0 fully saturated rings. The first-order valence-corrected chi connectivity index (χ1v) is 7.58. The Kier molecular flexibility index (Phi) is 4.05. The molecule has 0 radical (unpaired) electrons. The summed E-state index contributed by atoms with van der Waals surface area (Å²) in [5.74, 6) is 0.506. The van der Waals surface area contributed by atoms with E-state index in [9.17, 15) is 4.79 Å². The number of rotatable bonds is 4. The van der Waals surface area contributed by atoms with E-state index in [0.717, 1.165) is 6.42 Å². The zero-order chi connectivity index (χ0) is 14.7. The van der Waals surface area contributed by atoms with Gasteiger partial charge >= 0.3 is 5.97 Å². The Morgan fingerprint density at radius 2 is 1.81 bits per heavy atom. The fourth-order valence-electron chi connectivity index (χ4n) is 3.41. The maximum absolute atomic E-state index is 11.9. The number of hydrogen-bond donors (Lipinski definition) is 0. The van der Waals surface area contributed by atoms with E-state index in [4.69, 9.17) is 4.74 Å². The molecule has 2 aromatic carbocycles. The van der Waals surface area contributed by atoms with Crippen LogP contribution in [0.4, 0.5) is 0 Å². The van der Waals surface area contributed by atoms with Crippen molar-refractivity contribution < 1.29 is 9.53 Å². The Labute approximate surface area is 125 Å². The van der Waals surface area contributed by atoms with E-state index >= 15 is 0 Å². The highest BCUT2D eigenvalue weighted by atomic mass is 16.5. The van der Waals surface area contributed by atoms with Crippen LogP contribution in [0, 0.1) is 5.92 Å². The van der Waals surface area contributed by atoms with E-state index < -0.39 is 0 Å². The fourth-order valence-corrected chi connectivity index (χ4v) is 3.41. The van der Waals surface area contributed by atoms with Gasteiger partial charge in [0.2, 0.25) is 0 Å². The van der Waals surface area contributed by atoms with Crippen LogP contribution < -0.4 is 0 Å². The van der Waals surface area contributed by atoms with Crippen molar-refractivity contribution in [1.82, 2.24) is 0 Å². The molecule has 2 aromatic rings. The van der Waals surface area contributed by atoms with Gasteiger partial charge in [0.15, 0.2) is 0 Å². The fraction of sp³-hybridized carbons (Fsp3) is 0.316. The molecule has 0 heterocycles. The van der Waals surface area contributed by atoms with E-state index in [2.05, 4.69) is 48.5 Å². The number of ether oxygens (including phenoxy) is 1. The van der Waals surface area contributed by atoms with Crippen LogP contribution in [0.1, 0.15) is 36.0 Å². The average Bonchev–Trinajstić information content (AvgIpc) is 2.86. The Morgan fingerprint density at radius 1 is 1.10 bits per heavy atom. The summed E-state index contributed by atoms with van der Waals surface area (Å²) in [6, 6.07) is 19.0. The molecule has 0 N–H and O–H groups in total. The first kappa shape index (κ1) is 13.9. The molecule has 2 unspecified atom stereocenters. The molecule has 108 valence electrons. The molecule has 1 aliphatic carbocycles. The van der Waals surface area contributed by atoms with Gasteiger partial charge in [-0.15, -0.1) is 0 Å². The Balaban J connectivity index is 1.92. The van der Waals surface area contributed by atoms with Crippen molar-refractivity contribution in [2.75, 3.05) is 6.61 Å². The molecule has 21 heavy (non-hydrogen) atoms. The number of carbonyl (C=O) groups excluding carboxylic acids is 1. The minimum atomic E-state index is -0.0868. The highest BCUT2D eigenvalue weighted by Crippen LogP contribution is 2.43. The van der Waals surface area contributed by atoms with Gasteiger partial charge in [-0.1, -0.05) is 54.6 Å². The van der Waals surface area contributed by atoms with Crippen LogP contribution in [0.15, 0.2) is 54.6 Å². The summed E-state index contributed by atoms with van der Waals surface area (Å²) in [7, 11) is 0. The van der Waals surface area contributed by atoms with Crippen molar-refractivity contribution >= 4 is 5.97 Å². The zero-order valence-electron chi connectivity index (χ0n) is 12.3. The number of carbonyl (C=O) groups is 1. The third kappa shape index (κ3) is 2.85. The van der Waals surface area contributed by atoms with Gasteiger partial charge in [-0.2, -0.15) is 0 Å². The summed E-state index contributed by atoms with van der Waals surface area (Å²) in [4.78, 5) is 11.9. The van der Waals surface area contributed by atoms with E-state index in [1.54, 1.807) is 0 Å². The maximum Gasteiger partial charge on any atom is 0.306 e. The van der Waals surface area contributed by atoms with E-state index in [0.29, 0.717) is 24.9 Å². The van der Waals surface area contributed by atoms with Gasteiger partial charge in [-0.05, 0) is 36.0 Å². The molecule has 2 heteroatoms. The van der Waals surface area contributed by atoms with Crippen LogP contribution in [0.5, 0.6) is 0 Å². The first-order valence-electron chi connectivity index (χ1n) is 7.58. The predicted molar refractivity (Wildman–Crippen MR) is 83.2 cm³/mol. The van der Waals surface area contributed by atoms with Gasteiger partial charge < -0.3 is 4.74 Å². The zero-order valence-corrected chi connectivity index (χ0v) is 12.3. The van der Waals surface area contributed by atoms with Crippen LogP contribution in [0.3, 0.4) is 0 Å². The minimum Gasteiger partial charge on any atom is -0.466 e. The van der Waals surface area contributed by atoms with Crippen LogP contribution in [0.25, 0.3) is 0 Å². The van der Waals surface area contributed by atoms with Crippen molar-refractivity contribution in [3.8, 4) is 0 Å². The molecule has 1 aliphatic rings. The average molecular weight is 280 g/mol. The predicted octanol–water partition coefficient (Wildman–Crippen LogP) is 3.94. The summed E-state index contributed by atoms with van der Waals surface area (Å²) in [5, 5.41) is 0. The van der Waals surface area contributed by atoms with Crippen LogP contribution in [-0.4, -0.2) is 12.6 Å². The third-order valence-corrected chi connectivity index (χ3v) is 4.24. The van der Waals surface area contributed by atoms with Gasteiger partial charge in [0.25, 0.3) is 0 Å². The van der Waals surface area contributed by atoms with Gasteiger partial charge in [-0.3, -0.25) is 4.79 Å². The lowest BCUT2D eigenvalue weighted by atomic mass is 9.84. The molecular weight excluding hydrogens is 260 g/mol. The molecule has 0 saturated carbocycles. The van der Waals surface area contributed by atoms with Crippen LogP contribution >= 0.6 is 0 Å². The first-order chi connectivity index (χ1) is 10.3. The monoisotopic (exact) mass is 280 g/mol. The summed E-state index contributed by atoms with van der Waals surface area (Å²) >= 11 is 0. The van der Waals surface area contributed by atoms with Crippen LogP contribution in [0.2, 0.25) is 0 Å². The molecular formula is C19H20O2. The molecule has 0 bridgehead atoms. The molecule has 2 nitrogen and oxygen atoms in total. The second-order valence-corrected chi connectivity index (χ2v) is 5.56. The lowest BCUT2D eigenvalue weighted by molar-refractivity contribution is -0.144. The molecule has 0 amide bonds. The van der Waals surface area contributed by atoms with E-state index in [-0.39, 0.29) is 5.97 Å². The minimum absolute atomic E-state index is 0.0868. The smallest absolute Gasteiger partial charge is 0.306 e. The summed E-state index contributed by atoms with van der Waals surface area (Å²) < 4.78 is 5.15. The Bertz CT molecular complexity index is 618. The number of hydrogen-bond acceptors (Lipinski definition) is 2. The SMILES string of the molecule is CCOC(=O)CC1Cc2ccccc2C1c1ccccc1. The Hall–Kier alpha value is -2.09. The Morgan fingerprint density at radius 3 is 2.57 bits per heavy atom. The van der Waals surface area contributed by atoms with Crippen molar-refractivity contribution in [3.63, 3.8) is 0 Å². The van der Waals surface area contributed by atoms with Crippen molar-refractivity contribution in [1.29, 1.82) is 0 Å². The highest BCUT2D eigenvalue weighted by Gasteiger charge is 2.34. The number of fused-ring (bicyclic) bond motifs is 1. The standard InChI is InChI=1S/C19H20O2/c1-2-21-18(20)13-16-12-15-10-6-7-11-17(15)19(16)14-8-4-3-5-9-14/h3-11,16,19H,2,12-13H2,1H3. The molecule has 0 aromatic heterocycles.